The van der Waals surface area contributed by atoms with Crippen molar-refractivity contribution >= 4 is 23.2 Å². The highest BCUT2D eigenvalue weighted by Crippen LogP contribution is 2.27. The minimum Gasteiger partial charge on any atom is -0.465 e. The van der Waals surface area contributed by atoms with Gasteiger partial charge in [0.25, 0.3) is 5.88 Å². The van der Waals surface area contributed by atoms with E-state index in [9.17, 15) is 14.4 Å². The van der Waals surface area contributed by atoms with E-state index in [1.807, 2.05) is 26.0 Å². The fourth-order valence-corrected chi connectivity index (χ4v) is 3.25. The van der Waals surface area contributed by atoms with E-state index in [1.54, 1.807) is 24.3 Å². The quantitative estimate of drug-likeness (QED) is 0.452. The molecular weight excluding hydrogens is 426 g/mol. The van der Waals surface area contributed by atoms with Crippen molar-refractivity contribution in [1.82, 2.24) is 19.2 Å². The van der Waals surface area contributed by atoms with Crippen molar-refractivity contribution < 1.29 is 19.1 Å². The number of esters is 1. The van der Waals surface area contributed by atoms with Gasteiger partial charge in [-0.15, -0.1) is 5.10 Å². The first-order valence-corrected chi connectivity index (χ1v) is 10.0. The van der Waals surface area contributed by atoms with Crippen LogP contribution in [0.1, 0.15) is 21.5 Å². The maximum Gasteiger partial charge on any atom is 0.351 e. The summed E-state index contributed by atoms with van der Waals surface area (Å²) >= 11 is 0. The van der Waals surface area contributed by atoms with Crippen molar-refractivity contribution in [3.05, 3.63) is 82.0 Å². The van der Waals surface area contributed by atoms with Gasteiger partial charge in [0.2, 0.25) is 11.6 Å². The number of para-hydroxylation sites is 1. The number of hydrogen-bond donors (Lipinski definition) is 1. The number of methoxy groups -OCH3 is 1. The molecule has 10 nitrogen and oxygen atoms in total. The fourth-order valence-electron chi connectivity index (χ4n) is 3.25. The molecule has 2 heterocycles. The van der Waals surface area contributed by atoms with Gasteiger partial charge in [-0.25, -0.2) is 23.7 Å². The van der Waals surface area contributed by atoms with Gasteiger partial charge in [-0.3, -0.25) is 4.79 Å². The summed E-state index contributed by atoms with van der Waals surface area (Å²) in [5.41, 5.74) is 2.09. The van der Waals surface area contributed by atoms with Crippen molar-refractivity contribution in [3.8, 4) is 11.6 Å². The monoisotopic (exact) mass is 447 g/mol. The Balaban J connectivity index is 1.61. The van der Waals surface area contributed by atoms with Gasteiger partial charge < -0.3 is 14.8 Å². The van der Waals surface area contributed by atoms with Crippen LogP contribution in [-0.2, 0) is 16.1 Å². The topological polar surface area (TPSA) is 117 Å². The zero-order valence-corrected chi connectivity index (χ0v) is 18.2. The Labute approximate surface area is 188 Å². The number of nitrogens with zero attached hydrogens (tertiary/aromatic N) is 4. The molecule has 0 spiro atoms. The van der Waals surface area contributed by atoms with Gasteiger partial charge in [0.15, 0.2) is 0 Å². The van der Waals surface area contributed by atoms with E-state index in [0.717, 1.165) is 15.8 Å². The Bertz CT molecular complexity index is 1420. The number of aryl methyl sites for hydroxylation is 1. The van der Waals surface area contributed by atoms with Crippen LogP contribution in [0.25, 0.3) is 5.65 Å². The summed E-state index contributed by atoms with van der Waals surface area (Å²) in [5.74, 6) is -0.398. The summed E-state index contributed by atoms with van der Waals surface area (Å²) in [5, 5.41) is 6.86. The van der Waals surface area contributed by atoms with Crippen LogP contribution < -0.4 is 15.7 Å². The molecule has 10 heteroatoms. The molecule has 0 saturated heterocycles. The zero-order valence-electron chi connectivity index (χ0n) is 18.2. The zero-order chi connectivity index (χ0) is 23.5. The summed E-state index contributed by atoms with van der Waals surface area (Å²) < 4.78 is 12.9. The van der Waals surface area contributed by atoms with Crippen LogP contribution in [0.15, 0.2) is 59.7 Å². The van der Waals surface area contributed by atoms with Crippen molar-refractivity contribution in [3.63, 3.8) is 0 Å². The van der Waals surface area contributed by atoms with E-state index in [-0.39, 0.29) is 29.3 Å². The third-order valence-electron chi connectivity index (χ3n) is 5.13. The first-order chi connectivity index (χ1) is 15.9. The first-order valence-electron chi connectivity index (χ1n) is 10.0. The molecule has 0 aliphatic carbocycles. The lowest BCUT2D eigenvalue weighted by molar-refractivity contribution is -0.117. The van der Waals surface area contributed by atoms with Crippen LogP contribution >= 0.6 is 0 Å². The number of amides is 1. The molecule has 0 saturated carbocycles. The van der Waals surface area contributed by atoms with Crippen molar-refractivity contribution in [1.29, 1.82) is 0 Å². The number of fused-ring (bicyclic) bond motifs is 1. The Kier molecular flexibility index (Phi) is 5.90. The van der Waals surface area contributed by atoms with E-state index in [1.165, 1.54) is 30.0 Å². The maximum atomic E-state index is 12.8. The summed E-state index contributed by atoms with van der Waals surface area (Å²) in [4.78, 5) is 41.5. The second kappa shape index (κ2) is 8.95. The lowest BCUT2D eigenvalue weighted by Gasteiger charge is -2.09. The molecule has 4 rings (SSSR count). The third kappa shape index (κ3) is 4.31. The summed E-state index contributed by atoms with van der Waals surface area (Å²) in [6.45, 7) is 3.51. The molecule has 0 bridgehead atoms. The smallest absolute Gasteiger partial charge is 0.351 e. The molecule has 0 unspecified atom stereocenters. The van der Waals surface area contributed by atoms with Crippen molar-refractivity contribution in [2.45, 2.75) is 20.4 Å². The molecule has 1 amide bonds. The normalized spacial score (nSPS) is 10.8. The predicted octanol–water partition coefficient (Wildman–Crippen LogP) is 2.73. The molecule has 0 aliphatic rings. The molecule has 33 heavy (non-hydrogen) atoms. The van der Waals surface area contributed by atoms with Crippen LogP contribution in [-0.4, -0.2) is 38.2 Å². The molecule has 0 radical (unpaired) electrons. The van der Waals surface area contributed by atoms with E-state index in [4.69, 9.17) is 9.47 Å². The van der Waals surface area contributed by atoms with Crippen LogP contribution in [0.2, 0.25) is 0 Å². The molecule has 0 atom stereocenters. The summed E-state index contributed by atoms with van der Waals surface area (Å²) in [6, 6.07) is 12.0. The molecule has 1 N–H and O–H groups in total. The number of rotatable bonds is 6. The summed E-state index contributed by atoms with van der Waals surface area (Å²) in [6.07, 6.45) is 2.87. The number of hydrogen-bond acceptors (Lipinski definition) is 7. The number of carbonyl (C=O) groups excluding carboxylic acids is 2. The number of nitrogens with one attached hydrogen (secondary N) is 1. The maximum absolute atomic E-state index is 12.8. The molecule has 2 aromatic heterocycles. The fraction of sp³-hybridized carbons (Fsp3) is 0.174. The molecule has 0 fully saturated rings. The minimum atomic E-state index is -0.588. The Morgan fingerprint density at radius 1 is 1.09 bits per heavy atom. The predicted molar refractivity (Wildman–Crippen MR) is 120 cm³/mol. The molecular formula is C23H21N5O5. The van der Waals surface area contributed by atoms with E-state index in [0.29, 0.717) is 5.75 Å². The van der Waals surface area contributed by atoms with Crippen LogP contribution in [0, 0.1) is 13.8 Å². The molecule has 4 aromatic rings. The van der Waals surface area contributed by atoms with Gasteiger partial charge in [-0.1, -0.05) is 24.3 Å². The van der Waals surface area contributed by atoms with E-state index < -0.39 is 17.6 Å². The van der Waals surface area contributed by atoms with Gasteiger partial charge in [-0.05, 0) is 43.2 Å². The largest absolute Gasteiger partial charge is 0.465 e. The highest BCUT2D eigenvalue weighted by atomic mass is 16.5. The van der Waals surface area contributed by atoms with E-state index in [2.05, 4.69) is 15.4 Å². The van der Waals surface area contributed by atoms with Crippen LogP contribution in [0.3, 0.4) is 0 Å². The third-order valence-corrected chi connectivity index (χ3v) is 5.13. The highest BCUT2D eigenvalue weighted by molar-refractivity contribution is 6.01. The van der Waals surface area contributed by atoms with Gasteiger partial charge >= 0.3 is 11.7 Å². The second-order valence-electron chi connectivity index (χ2n) is 7.25. The van der Waals surface area contributed by atoms with Crippen molar-refractivity contribution in [2.24, 2.45) is 0 Å². The van der Waals surface area contributed by atoms with Crippen LogP contribution in [0.5, 0.6) is 11.6 Å². The Morgan fingerprint density at radius 2 is 1.88 bits per heavy atom. The number of aromatic nitrogens is 4. The SMILES string of the molecule is COC(=O)c1ccccc1NC(=O)Cn1nc2c(Oc3cccc(C)c3C)nccn2c1=O. The van der Waals surface area contributed by atoms with Gasteiger partial charge in [0, 0.05) is 12.4 Å². The molecule has 2 aromatic carbocycles. The average Bonchev–Trinajstić information content (AvgIpc) is 3.13. The van der Waals surface area contributed by atoms with Gasteiger partial charge in [0.05, 0.1) is 18.4 Å². The Morgan fingerprint density at radius 3 is 2.67 bits per heavy atom. The van der Waals surface area contributed by atoms with Gasteiger partial charge in [-0.2, -0.15) is 0 Å². The lowest BCUT2D eigenvalue weighted by Crippen LogP contribution is -2.28. The first kappa shape index (κ1) is 21.8. The number of anilines is 1. The molecule has 168 valence electrons. The standard InChI is InChI=1S/C23H21N5O5/c1-14-7-6-10-18(15(14)2)33-21-20-26-28(23(31)27(20)12-11-24-21)13-19(29)25-17-9-5-4-8-16(17)22(30)32-3/h4-12H,13H2,1-3H3,(H,25,29). The van der Waals surface area contributed by atoms with Crippen molar-refractivity contribution in [2.75, 3.05) is 12.4 Å². The van der Waals surface area contributed by atoms with E-state index >= 15 is 0 Å². The highest BCUT2D eigenvalue weighted by Gasteiger charge is 2.18. The average molecular weight is 447 g/mol. The number of benzene rings is 2. The number of carbonyl (C=O) groups is 2. The molecule has 0 aliphatic heterocycles. The summed E-state index contributed by atoms with van der Waals surface area (Å²) in [7, 11) is 1.25. The number of ether oxygens (including phenoxy) is 2. The Hall–Kier alpha value is -4.47. The second-order valence-corrected chi connectivity index (χ2v) is 7.25. The van der Waals surface area contributed by atoms with Crippen LogP contribution in [0.4, 0.5) is 5.69 Å². The van der Waals surface area contributed by atoms with Gasteiger partial charge in [0.1, 0.15) is 12.3 Å². The minimum absolute atomic E-state index is 0.137. The lowest BCUT2D eigenvalue weighted by atomic mass is 10.1.